The van der Waals surface area contributed by atoms with Gasteiger partial charge in [-0.25, -0.2) is 0 Å². The summed E-state index contributed by atoms with van der Waals surface area (Å²) in [5.74, 6) is 0.110. The van der Waals surface area contributed by atoms with Crippen molar-refractivity contribution in [1.82, 2.24) is 20.1 Å². The van der Waals surface area contributed by atoms with Gasteiger partial charge in [-0.2, -0.15) is 35.5 Å². The molecule has 2 aromatic heterocycles. The first-order valence-corrected chi connectivity index (χ1v) is 13.1. The van der Waals surface area contributed by atoms with Gasteiger partial charge in [-0.15, -0.1) is 0 Å². The number of pyridine rings is 1. The lowest BCUT2D eigenvalue weighted by Crippen LogP contribution is -2.34. The second kappa shape index (κ2) is 13.6. The fourth-order valence-electron chi connectivity index (χ4n) is 4.29. The van der Waals surface area contributed by atoms with Gasteiger partial charge in [0.15, 0.2) is 5.69 Å². The number of hydrogen-bond acceptors (Lipinski definition) is 6. The molecule has 0 spiro atoms. The van der Waals surface area contributed by atoms with Crippen LogP contribution in [0.1, 0.15) is 62.6 Å². The van der Waals surface area contributed by atoms with Crippen LogP contribution in [-0.2, 0) is 25.0 Å². The van der Waals surface area contributed by atoms with E-state index in [1.807, 2.05) is 0 Å². The molecule has 0 aromatic carbocycles. The molecule has 8 nitrogen and oxygen atoms in total. The Hall–Kier alpha value is -2.61. The monoisotopic (exact) mass is 600 g/mol. The van der Waals surface area contributed by atoms with Crippen LogP contribution in [0.4, 0.5) is 22.0 Å². The fraction of sp³-hybridized carbons (Fsp3) is 0.625. The average Bonchev–Trinajstić information content (AvgIpc) is 3.12. The van der Waals surface area contributed by atoms with Crippen molar-refractivity contribution in [3.63, 3.8) is 0 Å². The van der Waals surface area contributed by atoms with Gasteiger partial charge in [0.25, 0.3) is 5.91 Å². The highest BCUT2D eigenvalue weighted by Gasteiger charge is 2.47. The number of carbonyl (C=O) groups is 1. The molecule has 1 saturated carbocycles. The Morgan fingerprint density at radius 2 is 1.82 bits per heavy atom. The van der Waals surface area contributed by atoms with Crippen LogP contribution >= 0.6 is 11.6 Å². The predicted octanol–water partition coefficient (Wildman–Crippen LogP) is 5.75. The van der Waals surface area contributed by atoms with E-state index >= 15 is 0 Å². The summed E-state index contributed by atoms with van der Waals surface area (Å²) in [7, 11) is 1.47. The summed E-state index contributed by atoms with van der Waals surface area (Å²) in [5, 5.41) is 6.89. The van der Waals surface area contributed by atoms with Crippen molar-refractivity contribution in [1.29, 1.82) is 0 Å². The zero-order chi connectivity index (χ0) is 29.5. The summed E-state index contributed by atoms with van der Waals surface area (Å²) in [4.78, 5) is 16.8. The van der Waals surface area contributed by atoms with Gasteiger partial charge >= 0.3 is 24.4 Å². The van der Waals surface area contributed by atoms with Crippen molar-refractivity contribution in [2.45, 2.75) is 65.7 Å². The smallest absolute Gasteiger partial charge is 0.394 e. The molecular formula is C24H30ClF5N4O4S. The molecule has 0 radical (unpaired) electrons. The molecule has 1 fully saturated rings. The lowest BCUT2D eigenvalue weighted by molar-refractivity contribution is -0.211. The van der Waals surface area contributed by atoms with E-state index in [9.17, 15) is 26.7 Å². The van der Waals surface area contributed by atoms with E-state index in [2.05, 4.69) is 27.1 Å². The highest BCUT2D eigenvalue weighted by atomic mass is 35.5. The second-order valence-corrected chi connectivity index (χ2v) is 10.7. The average molecular weight is 601 g/mol. The third-order valence-electron chi connectivity index (χ3n) is 6.68. The first-order valence-electron chi connectivity index (χ1n) is 12.0. The van der Waals surface area contributed by atoms with Gasteiger partial charge in [-0.05, 0) is 24.7 Å². The van der Waals surface area contributed by atoms with Crippen molar-refractivity contribution in [2.24, 2.45) is 24.3 Å². The topological polar surface area (TPSA) is 103 Å². The molecule has 1 amide bonds. The number of aryl methyl sites for hydroxylation is 1. The standard InChI is InChI=1S/C24H30ClF5N4O2.O2S/c1-13-5-7-14(8-6-13)11-32-21(35)19-18(25)20(34(4)33-19)16-12-31-15(9-17(16)36-22(26)27)10-23(2,3)24(28,29)30;1-3-2/h9,12-14,22H,5-8,10-11H2,1-4H3,(H,32,35);. The van der Waals surface area contributed by atoms with Crippen molar-refractivity contribution < 1.29 is 39.9 Å². The van der Waals surface area contributed by atoms with Gasteiger partial charge in [-0.1, -0.05) is 45.2 Å². The number of hydrogen-bond donors (Lipinski definition) is 1. The quantitative estimate of drug-likeness (QED) is 0.387. The van der Waals surface area contributed by atoms with Crippen molar-refractivity contribution in [3.8, 4) is 17.0 Å². The number of rotatable bonds is 8. The van der Waals surface area contributed by atoms with Crippen molar-refractivity contribution in [2.75, 3.05) is 6.54 Å². The predicted molar refractivity (Wildman–Crippen MR) is 134 cm³/mol. The lowest BCUT2D eigenvalue weighted by atomic mass is 9.83. The summed E-state index contributed by atoms with van der Waals surface area (Å²) in [6.07, 6.45) is 0.257. The number of nitrogens with zero attached hydrogens (tertiary/aromatic N) is 3. The Kier molecular flexibility index (Phi) is 11.4. The largest absolute Gasteiger partial charge is 0.434 e. The minimum atomic E-state index is -4.53. The van der Waals surface area contributed by atoms with Gasteiger partial charge in [0.1, 0.15) is 5.75 Å². The zero-order valence-corrected chi connectivity index (χ0v) is 23.4. The Morgan fingerprint density at radius 1 is 1.23 bits per heavy atom. The molecule has 15 heteroatoms. The maximum Gasteiger partial charge on any atom is 0.394 e. The normalized spacial score (nSPS) is 17.8. The Bertz CT molecular complexity index is 1180. The summed E-state index contributed by atoms with van der Waals surface area (Å²) in [6, 6.07) is 1.03. The number of ether oxygens (including phenoxy) is 1. The SMILES string of the molecule is CC1CCC(CNC(=O)c2nn(C)c(-c3cnc(CC(C)(C)C(F)(F)F)cc3OC(F)F)c2Cl)CC1.O=S=O. The van der Waals surface area contributed by atoms with Crippen LogP contribution in [0.3, 0.4) is 0 Å². The number of amides is 1. The third kappa shape index (κ3) is 8.69. The van der Waals surface area contributed by atoms with E-state index in [1.54, 1.807) is 0 Å². The van der Waals surface area contributed by atoms with E-state index in [-0.39, 0.29) is 27.7 Å². The molecule has 0 aliphatic heterocycles. The van der Waals surface area contributed by atoms with Crippen LogP contribution in [0, 0.1) is 17.3 Å². The molecule has 0 atom stereocenters. The number of aromatic nitrogens is 3. The molecule has 218 valence electrons. The fourth-order valence-corrected chi connectivity index (χ4v) is 4.64. The van der Waals surface area contributed by atoms with Gasteiger partial charge < -0.3 is 10.1 Å². The van der Waals surface area contributed by atoms with Crippen LogP contribution < -0.4 is 10.1 Å². The van der Waals surface area contributed by atoms with Crippen LogP contribution in [0.2, 0.25) is 5.02 Å². The number of alkyl halides is 5. The van der Waals surface area contributed by atoms with E-state index < -0.39 is 47.9 Å². The Labute approximate surface area is 231 Å². The van der Waals surface area contributed by atoms with Crippen LogP contribution in [0.25, 0.3) is 11.3 Å². The maximum atomic E-state index is 13.3. The van der Waals surface area contributed by atoms with E-state index in [0.29, 0.717) is 18.4 Å². The first-order chi connectivity index (χ1) is 18.1. The molecule has 39 heavy (non-hydrogen) atoms. The molecule has 2 aromatic rings. The first kappa shape index (κ1) is 32.6. The van der Waals surface area contributed by atoms with Crippen LogP contribution in [-0.4, -0.2) is 48.4 Å². The molecule has 1 N–H and O–H groups in total. The Morgan fingerprint density at radius 3 is 2.36 bits per heavy atom. The molecule has 1 aliphatic carbocycles. The third-order valence-corrected chi connectivity index (χ3v) is 7.03. The minimum Gasteiger partial charge on any atom is -0.434 e. The molecule has 0 bridgehead atoms. The van der Waals surface area contributed by atoms with Crippen molar-refractivity contribution in [3.05, 3.63) is 28.7 Å². The maximum absolute atomic E-state index is 13.3. The number of nitrogens with one attached hydrogen (secondary N) is 1. The van der Waals surface area contributed by atoms with Crippen LogP contribution in [0.15, 0.2) is 12.3 Å². The summed E-state index contributed by atoms with van der Waals surface area (Å²) in [5.41, 5.74) is -2.27. The number of halogens is 6. The van der Waals surface area contributed by atoms with E-state index in [1.165, 1.54) is 11.7 Å². The molecule has 0 unspecified atom stereocenters. The summed E-state index contributed by atoms with van der Waals surface area (Å²) >= 11 is 5.70. The van der Waals surface area contributed by atoms with Gasteiger partial charge in [0, 0.05) is 38.0 Å². The molecular weight excluding hydrogens is 571 g/mol. The molecule has 1 aliphatic rings. The molecule has 2 heterocycles. The second-order valence-electron chi connectivity index (χ2n) is 10.1. The summed E-state index contributed by atoms with van der Waals surface area (Å²) < 4.78 is 88.7. The van der Waals surface area contributed by atoms with Gasteiger partial charge in [-0.3, -0.25) is 14.5 Å². The lowest BCUT2D eigenvalue weighted by Gasteiger charge is -2.27. The highest BCUT2D eigenvalue weighted by Crippen LogP contribution is 2.42. The minimum absolute atomic E-state index is 0.0239. The number of carbonyl (C=O) groups excluding carboxylic acids is 1. The zero-order valence-electron chi connectivity index (χ0n) is 21.8. The van der Waals surface area contributed by atoms with Crippen molar-refractivity contribution >= 4 is 29.1 Å². The van der Waals surface area contributed by atoms with E-state index in [0.717, 1.165) is 51.8 Å². The van der Waals surface area contributed by atoms with Crippen LogP contribution in [0.5, 0.6) is 5.75 Å². The summed E-state index contributed by atoms with van der Waals surface area (Å²) in [6.45, 7) is 1.41. The Balaban J connectivity index is 0.00000170. The molecule has 3 rings (SSSR count). The van der Waals surface area contributed by atoms with Gasteiger partial charge in [0.2, 0.25) is 0 Å². The highest BCUT2D eigenvalue weighted by molar-refractivity contribution is 7.51. The van der Waals surface area contributed by atoms with E-state index in [4.69, 9.17) is 20.0 Å². The molecule has 0 saturated heterocycles. The van der Waals surface area contributed by atoms with Gasteiger partial charge in [0.05, 0.1) is 21.7 Å².